The van der Waals surface area contributed by atoms with Crippen LogP contribution in [0.4, 0.5) is 0 Å². The number of amides is 1. The molecule has 0 saturated carbocycles. The lowest BCUT2D eigenvalue weighted by Gasteiger charge is -2.35. The van der Waals surface area contributed by atoms with E-state index in [1.807, 2.05) is 54.6 Å². The number of carbonyl (C=O) groups is 1. The van der Waals surface area contributed by atoms with Crippen molar-refractivity contribution in [3.05, 3.63) is 77.7 Å². The van der Waals surface area contributed by atoms with Crippen LogP contribution in [-0.4, -0.2) is 34.0 Å². The molecule has 3 aromatic rings. The number of nitrogens with zero attached hydrogens (tertiary/aromatic N) is 2. The van der Waals surface area contributed by atoms with Gasteiger partial charge in [0, 0.05) is 12.1 Å². The van der Waals surface area contributed by atoms with Crippen molar-refractivity contribution >= 4 is 5.91 Å². The number of aliphatic hydroxyl groups excluding tert-OH is 1. The maximum atomic E-state index is 12.9. The van der Waals surface area contributed by atoms with Gasteiger partial charge in [-0.05, 0) is 29.7 Å². The highest BCUT2D eigenvalue weighted by molar-refractivity contribution is 5.93. The summed E-state index contributed by atoms with van der Waals surface area (Å²) in [5.74, 6) is 0.196. The molecule has 1 N–H and O–H groups in total. The standard InChI is InChI=1S/C20H18N2O3/c23-12-18-16-9-5-4-6-14(16)10-11-22(18)20(24)17-13-25-19(21-17)15-7-2-1-3-8-15/h1-9,13,18,23H,10-12H2. The molecular weight excluding hydrogens is 316 g/mol. The Bertz CT molecular complexity index is 889. The van der Waals surface area contributed by atoms with Crippen molar-refractivity contribution in [3.8, 4) is 11.5 Å². The minimum absolute atomic E-state index is 0.119. The van der Waals surface area contributed by atoms with Crippen LogP contribution in [0.5, 0.6) is 0 Å². The van der Waals surface area contributed by atoms with Gasteiger partial charge in [-0.3, -0.25) is 4.79 Å². The van der Waals surface area contributed by atoms with Crippen LogP contribution in [0.3, 0.4) is 0 Å². The molecule has 1 aliphatic rings. The lowest BCUT2D eigenvalue weighted by Crippen LogP contribution is -2.41. The zero-order valence-corrected chi connectivity index (χ0v) is 13.6. The van der Waals surface area contributed by atoms with Crippen LogP contribution >= 0.6 is 0 Å². The van der Waals surface area contributed by atoms with E-state index in [2.05, 4.69) is 4.98 Å². The highest BCUT2D eigenvalue weighted by Crippen LogP contribution is 2.30. The van der Waals surface area contributed by atoms with Crippen LogP contribution in [0.25, 0.3) is 11.5 Å². The maximum Gasteiger partial charge on any atom is 0.276 e. The van der Waals surface area contributed by atoms with Gasteiger partial charge in [0.15, 0.2) is 5.69 Å². The van der Waals surface area contributed by atoms with Gasteiger partial charge < -0.3 is 14.4 Å². The van der Waals surface area contributed by atoms with Crippen molar-refractivity contribution in [2.24, 2.45) is 0 Å². The maximum absolute atomic E-state index is 12.9. The van der Waals surface area contributed by atoms with Gasteiger partial charge in [0.05, 0.1) is 12.6 Å². The zero-order valence-electron chi connectivity index (χ0n) is 13.6. The fourth-order valence-electron chi connectivity index (χ4n) is 3.32. The molecule has 1 atom stereocenters. The lowest BCUT2D eigenvalue weighted by molar-refractivity contribution is 0.0563. The van der Waals surface area contributed by atoms with Gasteiger partial charge in [-0.2, -0.15) is 0 Å². The molecule has 1 aliphatic heterocycles. The van der Waals surface area contributed by atoms with Gasteiger partial charge >= 0.3 is 0 Å². The molecule has 25 heavy (non-hydrogen) atoms. The number of hydrogen-bond acceptors (Lipinski definition) is 4. The Morgan fingerprint density at radius 1 is 1.16 bits per heavy atom. The van der Waals surface area contributed by atoms with Crippen LogP contribution in [0.1, 0.15) is 27.7 Å². The van der Waals surface area contributed by atoms with Crippen LogP contribution in [0.15, 0.2) is 65.3 Å². The minimum Gasteiger partial charge on any atom is -0.444 e. The van der Waals surface area contributed by atoms with E-state index in [-0.39, 0.29) is 24.2 Å². The van der Waals surface area contributed by atoms with Crippen LogP contribution < -0.4 is 0 Å². The number of rotatable bonds is 3. The van der Waals surface area contributed by atoms with Gasteiger partial charge in [0.25, 0.3) is 5.91 Å². The van der Waals surface area contributed by atoms with E-state index < -0.39 is 0 Å². The third kappa shape index (κ3) is 2.83. The summed E-state index contributed by atoms with van der Waals surface area (Å²) in [6.45, 7) is 0.431. The normalized spacial score (nSPS) is 16.5. The first-order valence-corrected chi connectivity index (χ1v) is 8.28. The third-order valence-corrected chi connectivity index (χ3v) is 4.59. The molecule has 0 aliphatic carbocycles. The molecule has 0 bridgehead atoms. The lowest BCUT2D eigenvalue weighted by atomic mass is 9.93. The largest absolute Gasteiger partial charge is 0.444 e. The second kappa shape index (κ2) is 6.53. The fourth-order valence-corrected chi connectivity index (χ4v) is 3.32. The minimum atomic E-state index is -0.352. The van der Waals surface area contributed by atoms with Gasteiger partial charge in [-0.15, -0.1) is 0 Å². The number of hydrogen-bond donors (Lipinski definition) is 1. The number of carbonyl (C=O) groups excluding carboxylic acids is 1. The molecule has 0 saturated heterocycles. The number of fused-ring (bicyclic) bond motifs is 1. The first-order valence-electron chi connectivity index (χ1n) is 8.28. The summed E-state index contributed by atoms with van der Waals surface area (Å²) in [5, 5.41) is 9.85. The van der Waals surface area contributed by atoms with E-state index in [1.165, 1.54) is 11.8 Å². The first kappa shape index (κ1) is 15.6. The van der Waals surface area contributed by atoms with E-state index in [0.717, 1.165) is 17.5 Å². The SMILES string of the molecule is O=C(c1coc(-c2ccccc2)n1)N1CCc2ccccc2C1CO. The summed E-state index contributed by atoms with van der Waals surface area (Å²) in [6.07, 6.45) is 2.15. The van der Waals surface area contributed by atoms with E-state index in [1.54, 1.807) is 4.90 Å². The first-order chi connectivity index (χ1) is 12.3. The number of aromatic nitrogens is 1. The van der Waals surface area contributed by atoms with Crippen molar-refractivity contribution in [2.45, 2.75) is 12.5 Å². The highest BCUT2D eigenvalue weighted by atomic mass is 16.3. The predicted octanol–water partition coefficient (Wildman–Crippen LogP) is 3.07. The van der Waals surface area contributed by atoms with E-state index in [0.29, 0.717) is 12.4 Å². The highest BCUT2D eigenvalue weighted by Gasteiger charge is 2.32. The molecule has 4 rings (SSSR count). The molecule has 1 aromatic heterocycles. The molecule has 5 nitrogen and oxygen atoms in total. The van der Waals surface area contributed by atoms with E-state index >= 15 is 0 Å². The molecule has 0 radical (unpaired) electrons. The van der Waals surface area contributed by atoms with Crippen LogP contribution in [0, 0.1) is 0 Å². The zero-order chi connectivity index (χ0) is 17.2. The molecule has 0 spiro atoms. The van der Waals surface area contributed by atoms with Gasteiger partial charge in [0.1, 0.15) is 6.26 Å². The second-order valence-electron chi connectivity index (χ2n) is 6.05. The number of benzene rings is 2. The Balaban J connectivity index is 1.62. The van der Waals surface area contributed by atoms with Crippen molar-refractivity contribution in [1.29, 1.82) is 0 Å². The fraction of sp³-hybridized carbons (Fsp3) is 0.200. The molecule has 5 heteroatoms. The molecule has 0 fully saturated rings. The van der Waals surface area contributed by atoms with Crippen LogP contribution in [-0.2, 0) is 6.42 Å². The molecular formula is C20H18N2O3. The summed E-state index contributed by atoms with van der Waals surface area (Å²) in [4.78, 5) is 18.9. The Morgan fingerprint density at radius 2 is 1.92 bits per heavy atom. The van der Waals surface area contributed by atoms with Crippen LogP contribution in [0.2, 0.25) is 0 Å². The van der Waals surface area contributed by atoms with Crippen molar-refractivity contribution in [1.82, 2.24) is 9.88 Å². The quantitative estimate of drug-likeness (QED) is 0.799. The van der Waals surface area contributed by atoms with E-state index in [9.17, 15) is 9.90 Å². The monoisotopic (exact) mass is 334 g/mol. The number of oxazole rings is 1. The smallest absolute Gasteiger partial charge is 0.276 e. The Morgan fingerprint density at radius 3 is 2.72 bits per heavy atom. The molecule has 2 aromatic carbocycles. The van der Waals surface area contributed by atoms with Gasteiger partial charge in [-0.25, -0.2) is 4.98 Å². The van der Waals surface area contributed by atoms with E-state index in [4.69, 9.17) is 4.42 Å². The average molecular weight is 334 g/mol. The Kier molecular flexibility index (Phi) is 4.07. The summed E-state index contributed by atoms with van der Waals surface area (Å²) in [7, 11) is 0. The predicted molar refractivity (Wildman–Crippen MR) is 92.9 cm³/mol. The summed E-state index contributed by atoms with van der Waals surface area (Å²) >= 11 is 0. The van der Waals surface area contributed by atoms with Crippen molar-refractivity contribution < 1.29 is 14.3 Å². The summed E-state index contributed by atoms with van der Waals surface area (Å²) in [5.41, 5.74) is 3.26. The average Bonchev–Trinajstić information content (AvgIpc) is 3.17. The second-order valence-corrected chi connectivity index (χ2v) is 6.05. The van der Waals surface area contributed by atoms with Gasteiger partial charge in [-0.1, -0.05) is 42.5 Å². The summed E-state index contributed by atoms with van der Waals surface area (Å²) < 4.78 is 5.48. The number of aliphatic hydroxyl groups is 1. The Hall–Kier alpha value is -2.92. The summed E-state index contributed by atoms with van der Waals surface area (Å²) in [6, 6.07) is 17.0. The molecule has 126 valence electrons. The molecule has 2 heterocycles. The van der Waals surface area contributed by atoms with Crippen molar-refractivity contribution in [3.63, 3.8) is 0 Å². The third-order valence-electron chi connectivity index (χ3n) is 4.59. The topological polar surface area (TPSA) is 66.6 Å². The molecule has 1 unspecified atom stereocenters. The molecule has 1 amide bonds. The Labute approximate surface area is 145 Å². The van der Waals surface area contributed by atoms with Crippen molar-refractivity contribution in [2.75, 3.05) is 13.2 Å². The van der Waals surface area contributed by atoms with Gasteiger partial charge in [0.2, 0.25) is 5.89 Å².